The van der Waals surface area contributed by atoms with Crippen molar-refractivity contribution in [1.29, 1.82) is 0 Å². The topological polar surface area (TPSA) is 66.4 Å². The summed E-state index contributed by atoms with van der Waals surface area (Å²) in [4.78, 5) is 13.6. The minimum atomic E-state index is -2.87. The van der Waals surface area contributed by atoms with Gasteiger partial charge in [-0.05, 0) is 48.9 Å². The van der Waals surface area contributed by atoms with Crippen LogP contribution >= 0.6 is 0 Å². The second-order valence-electron chi connectivity index (χ2n) is 8.08. The summed E-state index contributed by atoms with van der Waals surface area (Å²) >= 11 is -2.87. The standard InChI is InChI=1S/C10H9NO.2C9H7NO.Al/c1-7-5-6-11-10-8(7)3-2-4-9(10)12;2*11-8-5-1-3-7-4-2-6-10-9(7)8;/h2-6,12H,1H3;2*1-6,11H;/q;;;+3/p-3. The van der Waals surface area contributed by atoms with Gasteiger partial charge in [-0.15, -0.1) is 0 Å². The van der Waals surface area contributed by atoms with Gasteiger partial charge in [0.25, 0.3) is 0 Å². The van der Waals surface area contributed by atoms with Gasteiger partial charge in [0.2, 0.25) is 0 Å². The largest absolute Gasteiger partial charge is 1.20 e. The number of hydrogen-bond donors (Lipinski definition) is 0. The van der Waals surface area contributed by atoms with E-state index in [2.05, 4.69) is 21.9 Å². The first-order chi connectivity index (χ1) is 17.3. The van der Waals surface area contributed by atoms with E-state index in [9.17, 15) is 0 Å². The van der Waals surface area contributed by atoms with Crippen molar-refractivity contribution in [2.45, 2.75) is 6.92 Å². The lowest BCUT2D eigenvalue weighted by atomic mass is 10.1. The Morgan fingerprint density at radius 1 is 0.514 bits per heavy atom. The van der Waals surface area contributed by atoms with Crippen LogP contribution in [0, 0.1) is 6.92 Å². The zero-order valence-corrected chi connectivity index (χ0v) is 20.1. The molecule has 0 bridgehead atoms. The van der Waals surface area contributed by atoms with Crippen LogP contribution in [0.1, 0.15) is 5.56 Å². The first-order valence-electron chi connectivity index (χ1n) is 11.3. The summed E-state index contributed by atoms with van der Waals surface area (Å²) < 4.78 is 19.3. The third kappa shape index (κ3) is 4.24. The van der Waals surface area contributed by atoms with E-state index in [1.807, 2.05) is 84.9 Å². The van der Waals surface area contributed by atoms with Crippen molar-refractivity contribution in [3.63, 3.8) is 0 Å². The second-order valence-corrected chi connectivity index (χ2v) is 9.37. The molecule has 0 aliphatic heterocycles. The Labute approximate surface area is 207 Å². The molecule has 0 spiro atoms. The number of pyridine rings is 3. The maximum absolute atomic E-state index is 6.46. The molecule has 7 heteroatoms. The Morgan fingerprint density at radius 2 is 1.00 bits per heavy atom. The maximum atomic E-state index is 6.46. The summed E-state index contributed by atoms with van der Waals surface area (Å²) in [5.74, 6) is 1.83. The zero-order chi connectivity index (χ0) is 23.6. The number of para-hydroxylation sites is 3. The van der Waals surface area contributed by atoms with E-state index in [0.717, 1.165) is 38.3 Å². The Bertz CT molecular complexity index is 1580. The molecule has 6 aromatic rings. The normalized spacial score (nSPS) is 11.0. The number of fused-ring (bicyclic) bond motifs is 3. The molecular formula is C28H20AlN3O3. The summed E-state index contributed by atoms with van der Waals surface area (Å²) in [6, 6.07) is 27.3. The van der Waals surface area contributed by atoms with E-state index < -0.39 is 15.1 Å². The SMILES string of the molecule is Cc1ccnc2c([O][Al]([O]c3cccc4cccnc34)[O]c3cccc4cccnc34)cccc12. The van der Waals surface area contributed by atoms with Crippen molar-refractivity contribution in [2.75, 3.05) is 0 Å². The van der Waals surface area contributed by atoms with Gasteiger partial charge in [-0.1, -0.05) is 48.5 Å². The van der Waals surface area contributed by atoms with E-state index in [1.54, 1.807) is 18.6 Å². The predicted molar refractivity (Wildman–Crippen MR) is 138 cm³/mol. The van der Waals surface area contributed by atoms with Crippen LogP contribution in [0.5, 0.6) is 17.2 Å². The Morgan fingerprint density at radius 3 is 1.60 bits per heavy atom. The van der Waals surface area contributed by atoms with E-state index in [0.29, 0.717) is 17.2 Å². The molecule has 0 aliphatic rings. The highest BCUT2D eigenvalue weighted by molar-refractivity contribution is 6.40. The van der Waals surface area contributed by atoms with Crippen molar-refractivity contribution in [2.24, 2.45) is 0 Å². The molecule has 0 atom stereocenters. The van der Waals surface area contributed by atoms with Crippen LogP contribution in [0.15, 0.2) is 104 Å². The fraction of sp³-hybridized carbons (Fsp3) is 0.0357. The fourth-order valence-electron chi connectivity index (χ4n) is 4.11. The quantitative estimate of drug-likeness (QED) is 0.270. The monoisotopic (exact) mass is 473 g/mol. The summed E-state index contributed by atoms with van der Waals surface area (Å²) in [5.41, 5.74) is 3.39. The molecule has 35 heavy (non-hydrogen) atoms. The first-order valence-corrected chi connectivity index (χ1v) is 12.7. The summed E-state index contributed by atoms with van der Waals surface area (Å²) in [7, 11) is 0. The van der Waals surface area contributed by atoms with Crippen molar-refractivity contribution in [1.82, 2.24) is 15.0 Å². The number of aromatic nitrogens is 3. The molecule has 0 amide bonds. The summed E-state index contributed by atoms with van der Waals surface area (Å²) in [6.07, 6.45) is 5.28. The van der Waals surface area contributed by atoms with Gasteiger partial charge in [-0.3, -0.25) is 15.0 Å². The van der Waals surface area contributed by atoms with Gasteiger partial charge in [-0.25, -0.2) is 0 Å². The molecule has 3 aromatic heterocycles. The van der Waals surface area contributed by atoms with Gasteiger partial charge in [0, 0.05) is 34.7 Å². The molecule has 0 saturated carbocycles. The van der Waals surface area contributed by atoms with E-state index in [4.69, 9.17) is 11.4 Å². The molecule has 0 aliphatic carbocycles. The van der Waals surface area contributed by atoms with Gasteiger partial charge >= 0.3 is 15.1 Å². The van der Waals surface area contributed by atoms with Gasteiger partial charge < -0.3 is 11.4 Å². The third-order valence-corrected chi connectivity index (χ3v) is 7.15. The van der Waals surface area contributed by atoms with Crippen LogP contribution in [0.2, 0.25) is 0 Å². The number of nitrogens with zero attached hydrogens (tertiary/aromatic N) is 3. The van der Waals surface area contributed by atoms with Crippen molar-refractivity contribution < 1.29 is 11.4 Å². The highest BCUT2D eigenvalue weighted by atomic mass is 27.3. The molecule has 168 valence electrons. The molecule has 0 N–H and O–H groups in total. The summed E-state index contributed by atoms with van der Waals surface area (Å²) in [6.45, 7) is 2.05. The second kappa shape index (κ2) is 9.23. The van der Waals surface area contributed by atoms with Crippen molar-refractivity contribution in [3.05, 3.63) is 109 Å². The number of aryl methyl sites for hydroxylation is 1. The molecule has 6 rings (SSSR count). The predicted octanol–water partition coefficient (Wildman–Crippen LogP) is 6.16. The Hall–Kier alpha value is -4.18. The first kappa shape index (κ1) is 21.4. The van der Waals surface area contributed by atoms with Gasteiger partial charge in [0.15, 0.2) is 0 Å². The van der Waals surface area contributed by atoms with Crippen LogP contribution in [0.4, 0.5) is 0 Å². The van der Waals surface area contributed by atoms with Gasteiger partial charge in [0.05, 0.1) is 0 Å². The van der Waals surface area contributed by atoms with Crippen LogP contribution in [-0.4, -0.2) is 30.1 Å². The Balaban J connectivity index is 1.43. The van der Waals surface area contributed by atoms with E-state index in [-0.39, 0.29) is 0 Å². The zero-order valence-electron chi connectivity index (χ0n) is 19.0. The van der Waals surface area contributed by atoms with Crippen molar-refractivity contribution in [3.8, 4) is 17.2 Å². The highest BCUT2D eigenvalue weighted by Crippen LogP contribution is 2.30. The van der Waals surface area contributed by atoms with Gasteiger partial charge in [-0.2, -0.15) is 0 Å². The van der Waals surface area contributed by atoms with Crippen LogP contribution in [0.3, 0.4) is 0 Å². The lowest BCUT2D eigenvalue weighted by Crippen LogP contribution is -2.37. The average molecular weight is 473 g/mol. The van der Waals surface area contributed by atoms with E-state index in [1.165, 1.54) is 0 Å². The molecule has 3 heterocycles. The number of hydrogen-bond acceptors (Lipinski definition) is 6. The molecule has 0 unspecified atom stereocenters. The third-order valence-electron chi connectivity index (χ3n) is 5.81. The molecule has 0 radical (unpaired) electrons. The summed E-state index contributed by atoms with van der Waals surface area (Å²) in [5, 5.41) is 2.98. The number of benzene rings is 3. The lowest BCUT2D eigenvalue weighted by molar-refractivity contribution is 0.311. The minimum Gasteiger partial charge on any atom is -0.576 e. The van der Waals surface area contributed by atoms with Crippen LogP contribution < -0.4 is 11.4 Å². The minimum absolute atomic E-state index is 0.609. The lowest BCUT2D eigenvalue weighted by Gasteiger charge is -2.18. The molecule has 3 aromatic carbocycles. The van der Waals surface area contributed by atoms with Crippen molar-refractivity contribution >= 4 is 47.9 Å². The smallest absolute Gasteiger partial charge is 0.576 e. The van der Waals surface area contributed by atoms with Crippen LogP contribution in [0.25, 0.3) is 32.7 Å². The van der Waals surface area contributed by atoms with Gasteiger partial charge in [0.1, 0.15) is 33.8 Å². The highest BCUT2D eigenvalue weighted by Gasteiger charge is 2.45. The molecule has 0 saturated heterocycles. The van der Waals surface area contributed by atoms with E-state index >= 15 is 0 Å². The molecular weight excluding hydrogens is 453 g/mol. The fourth-order valence-corrected chi connectivity index (χ4v) is 5.44. The Kier molecular flexibility index (Phi) is 5.63. The number of rotatable bonds is 6. The maximum Gasteiger partial charge on any atom is 1.20 e. The molecule has 6 nitrogen and oxygen atoms in total. The van der Waals surface area contributed by atoms with Crippen LogP contribution in [-0.2, 0) is 0 Å². The average Bonchev–Trinajstić information content (AvgIpc) is 2.90. The molecule has 0 fully saturated rings.